The molecule has 0 N–H and O–H groups in total. The number of ether oxygens (including phenoxy) is 2. The summed E-state index contributed by atoms with van der Waals surface area (Å²) in [4.78, 5) is 11.4. The zero-order valence-corrected chi connectivity index (χ0v) is 13.7. The molecule has 1 aliphatic heterocycles. The van der Waals surface area contributed by atoms with Gasteiger partial charge in [-0.25, -0.2) is 17.5 Å². The number of carbonyl (C=O) groups is 1. The first-order valence-corrected chi connectivity index (χ1v) is 8.29. The molecule has 1 aromatic rings. The summed E-state index contributed by atoms with van der Waals surface area (Å²) < 4.78 is 35.4. The molecule has 0 saturated heterocycles. The van der Waals surface area contributed by atoms with Crippen LogP contribution in [-0.4, -0.2) is 39.1 Å². The van der Waals surface area contributed by atoms with E-state index in [1.165, 1.54) is 6.07 Å². The monoisotopic (exact) mass is 353 g/mol. The van der Waals surface area contributed by atoms with Gasteiger partial charge >= 0.3 is 6.09 Å². The fourth-order valence-electron chi connectivity index (χ4n) is 1.89. The second-order valence-corrected chi connectivity index (χ2v) is 6.95. The van der Waals surface area contributed by atoms with Gasteiger partial charge in [-0.05, 0) is 13.0 Å². The van der Waals surface area contributed by atoms with Crippen LogP contribution in [0.15, 0.2) is 11.0 Å². The lowest BCUT2D eigenvalue weighted by atomic mass is 10.2. The van der Waals surface area contributed by atoms with Crippen molar-refractivity contribution in [2.75, 3.05) is 20.3 Å². The molecule has 116 valence electrons. The van der Waals surface area contributed by atoms with E-state index in [1.807, 2.05) is 0 Å². The molecule has 0 aliphatic carbocycles. The van der Waals surface area contributed by atoms with Crippen LogP contribution in [-0.2, 0) is 21.2 Å². The largest absolute Gasteiger partial charge is 0.491 e. The van der Waals surface area contributed by atoms with Crippen LogP contribution in [0.3, 0.4) is 0 Å². The maximum absolute atomic E-state index is 12.5. The van der Waals surface area contributed by atoms with Gasteiger partial charge in [-0.3, -0.25) is 0 Å². The number of rotatable bonds is 3. The summed E-state index contributed by atoms with van der Waals surface area (Å²) in [6.45, 7) is 2.04. The predicted molar refractivity (Wildman–Crippen MR) is 77.6 cm³/mol. The van der Waals surface area contributed by atoms with Crippen LogP contribution in [0.25, 0.3) is 0 Å². The first-order chi connectivity index (χ1) is 9.80. The summed E-state index contributed by atoms with van der Waals surface area (Å²) in [7, 11) is -3.05. The smallest absolute Gasteiger partial charge is 0.423 e. The first kappa shape index (κ1) is 16.2. The molecule has 1 aromatic carbocycles. The van der Waals surface area contributed by atoms with Gasteiger partial charge in [0, 0.05) is 19.0 Å². The second kappa shape index (κ2) is 5.90. The van der Waals surface area contributed by atoms with Gasteiger partial charge in [0.1, 0.15) is 15.7 Å². The van der Waals surface area contributed by atoms with Gasteiger partial charge in [0.15, 0.2) is 0 Å². The molecule has 21 heavy (non-hydrogen) atoms. The molecule has 9 heteroatoms. The van der Waals surface area contributed by atoms with E-state index in [4.69, 9.17) is 27.9 Å². The number of benzene rings is 1. The van der Waals surface area contributed by atoms with E-state index in [0.29, 0.717) is 28.6 Å². The Hall–Kier alpha value is -1.18. The van der Waals surface area contributed by atoms with E-state index in [9.17, 15) is 13.2 Å². The lowest BCUT2D eigenvalue weighted by molar-refractivity contribution is 0.136. The molecular weight excluding hydrogens is 341 g/mol. The third kappa shape index (κ3) is 2.77. The van der Waals surface area contributed by atoms with Gasteiger partial charge in [-0.15, -0.1) is 0 Å². The topological polar surface area (TPSA) is 72.9 Å². The molecule has 0 spiro atoms. The third-order valence-electron chi connectivity index (χ3n) is 2.99. The van der Waals surface area contributed by atoms with E-state index in [2.05, 4.69) is 4.74 Å². The highest BCUT2D eigenvalue weighted by molar-refractivity contribution is 7.89. The molecule has 1 heterocycles. The van der Waals surface area contributed by atoms with Crippen molar-refractivity contribution in [2.45, 2.75) is 18.2 Å². The highest BCUT2D eigenvalue weighted by atomic mass is 35.5. The van der Waals surface area contributed by atoms with Gasteiger partial charge in [0.25, 0.3) is 10.0 Å². The average Bonchev–Trinajstić information content (AvgIpc) is 2.90. The average molecular weight is 354 g/mol. The molecule has 0 radical (unpaired) electrons. The van der Waals surface area contributed by atoms with Crippen molar-refractivity contribution in [1.29, 1.82) is 0 Å². The third-order valence-corrected chi connectivity index (χ3v) is 5.70. The lowest BCUT2D eigenvalue weighted by Gasteiger charge is -2.18. The number of hydrogen-bond donors (Lipinski definition) is 0. The van der Waals surface area contributed by atoms with Crippen molar-refractivity contribution in [3.05, 3.63) is 21.7 Å². The standard InChI is InChI=1S/C12H13Cl2NO5S/c1-3-19-12(16)15(2)21(17,18)8-6-7-4-5-20-11(7)10(14)9(8)13/h6H,3-5H2,1-2H3. The van der Waals surface area contributed by atoms with Crippen molar-refractivity contribution in [3.63, 3.8) is 0 Å². The number of amides is 1. The summed E-state index contributed by atoms with van der Waals surface area (Å²) in [5, 5.41) is -0.143. The molecule has 0 bridgehead atoms. The normalized spacial score (nSPS) is 13.5. The Morgan fingerprint density at radius 2 is 2.10 bits per heavy atom. The van der Waals surface area contributed by atoms with Crippen molar-refractivity contribution in [2.24, 2.45) is 0 Å². The Labute approximate surface area is 132 Å². The molecule has 0 unspecified atom stereocenters. The van der Waals surface area contributed by atoms with Gasteiger partial charge in [-0.2, -0.15) is 0 Å². The van der Waals surface area contributed by atoms with E-state index in [1.54, 1.807) is 6.92 Å². The van der Waals surface area contributed by atoms with Crippen LogP contribution >= 0.6 is 23.2 Å². The van der Waals surface area contributed by atoms with Crippen molar-refractivity contribution >= 4 is 39.3 Å². The van der Waals surface area contributed by atoms with Crippen LogP contribution in [0.4, 0.5) is 4.79 Å². The molecule has 0 fully saturated rings. The Bertz CT molecular complexity index is 689. The maximum atomic E-state index is 12.5. The van der Waals surface area contributed by atoms with Crippen molar-refractivity contribution in [3.8, 4) is 5.75 Å². The molecule has 1 amide bonds. The highest BCUT2D eigenvalue weighted by Crippen LogP contribution is 2.42. The van der Waals surface area contributed by atoms with Crippen LogP contribution in [0, 0.1) is 0 Å². The Balaban J connectivity index is 2.51. The SMILES string of the molecule is CCOC(=O)N(C)S(=O)(=O)c1cc2c(c(Cl)c1Cl)OCC2. The van der Waals surface area contributed by atoms with Gasteiger partial charge in [0.2, 0.25) is 0 Å². The van der Waals surface area contributed by atoms with Crippen LogP contribution in [0.1, 0.15) is 12.5 Å². The summed E-state index contributed by atoms with van der Waals surface area (Å²) in [6.07, 6.45) is -0.459. The van der Waals surface area contributed by atoms with E-state index >= 15 is 0 Å². The summed E-state index contributed by atoms with van der Waals surface area (Å²) in [6, 6.07) is 1.38. The molecular formula is C12H13Cl2NO5S. The van der Waals surface area contributed by atoms with Crippen molar-refractivity contribution in [1.82, 2.24) is 4.31 Å². The molecule has 2 rings (SSSR count). The molecule has 0 aromatic heterocycles. The maximum Gasteiger partial charge on any atom is 0.423 e. The predicted octanol–water partition coefficient (Wildman–Crippen LogP) is 2.71. The lowest BCUT2D eigenvalue weighted by Crippen LogP contribution is -2.34. The van der Waals surface area contributed by atoms with Gasteiger partial charge in [-0.1, -0.05) is 23.2 Å². The second-order valence-electron chi connectivity index (χ2n) is 4.26. The highest BCUT2D eigenvalue weighted by Gasteiger charge is 2.32. The summed E-state index contributed by atoms with van der Waals surface area (Å²) >= 11 is 12.1. The van der Waals surface area contributed by atoms with Crippen LogP contribution in [0.2, 0.25) is 10.0 Å². The van der Waals surface area contributed by atoms with E-state index < -0.39 is 16.1 Å². The minimum absolute atomic E-state index is 0.0301. The van der Waals surface area contributed by atoms with Crippen LogP contribution < -0.4 is 4.74 Å². The summed E-state index contributed by atoms with van der Waals surface area (Å²) in [5.74, 6) is 0.388. The van der Waals surface area contributed by atoms with Crippen LogP contribution in [0.5, 0.6) is 5.75 Å². The van der Waals surface area contributed by atoms with Gasteiger partial charge in [0.05, 0.1) is 18.2 Å². The number of halogens is 2. The summed E-state index contributed by atoms with van der Waals surface area (Å²) in [5.41, 5.74) is 0.639. The Morgan fingerprint density at radius 3 is 2.71 bits per heavy atom. The number of hydrogen-bond acceptors (Lipinski definition) is 5. The number of sulfonamides is 1. The minimum Gasteiger partial charge on any atom is -0.491 e. The Kier molecular flexibility index (Phi) is 4.55. The first-order valence-electron chi connectivity index (χ1n) is 6.10. The number of nitrogens with zero attached hydrogens (tertiary/aromatic N) is 1. The molecule has 6 nitrogen and oxygen atoms in total. The van der Waals surface area contributed by atoms with Crippen molar-refractivity contribution < 1.29 is 22.7 Å². The number of carbonyl (C=O) groups excluding carboxylic acids is 1. The molecule has 1 aliphatic rings. The fraction of sp³-hybridized carbons (Fsp3) is 0.417. The van der Waals surface area contributed by atoms with Gasteiger partial charge < -0.3 is 9.47 Å². The molecule has 0 atom stereocenters. The van der Waals surface area contributed by atoms with E-state index in [-0.39, 0.29) is 21.5 Å². The zero-order valence-electron chi connectivity index (χ0n) is 11.4. The van der Waals surface area contributed by atoms with E-state index in [0.717, 1.165) is 7.05 Å². The zero-order chi connectivity index (χ0) is 15.8. The Morgan fingerprint density at radius 1 is 1.43 bits per heavy atom. The molecule has 0 saturated carbocycles. The fourth-order valence-corrected chi connectivity index (χ4v) is 3.82. The quantitative estimate of drug-likeness (QED) is 0.835. The number of fused-ring (bicyclic) bond motifs is 1. The minimum atomic E-state index is -4.15.